The van der Waals surface area contributed by atoms with Crippen LogP contribution in [0.15, 0.2) is 84.9 Å². The lowest BCUT2D eigenvalue weighted by molar-refractivity contribution is 0.290. The molecule has 4 aromatic carbocycles. The summed E-state index contributed by atoms with van der Waals surface area (Å²) in [6.45, 7) is 0.441. The van der Waals surface area contributed by atoms with E-state index in [1.807, 2.05) is 12.1 Å². The van der Waals surface area contributed by atoms with Crippen LogP contribution in [0.25, 0.3) is 0 Å². The van der Waals surface area contributed by atoms with Crippen molar-refractivity contribution in [2.45, 2.75) is 71.0 Å². The Kier molecular flexibility index (Phi) is 11.9. The zero-order valence-corrected chi connectivity index (χ0v) is 23.8. The van der Waals surface area contributed by atoms with Crippen LogP contribution in [0.4, 0.5) is 13.2 Å². The van der Waals surface area contributed by atoms with Gasteiger partial charge < -0.3 is 9.47 Å². The SMILES string of the molecule is N#Cc1ccc(COc2ccc(CCCCCCCCCc3ccc(OCc4ccc(F)cc4)c(F)c3)cc2F)cc1. The van der Waals surface area contributed by atoms with Crippen molar-refractivity contribution in [3.8, 4) is 17.6 Å². The Balaban J connectivity index is 1.05. The third-order valence-corrected chi connectivity index (χ3v) is 7.21. The van der Waals surface area contributed by atoms with Gasteiger partial charge in [-0.3, -0.25) is 0 Å². The number of rotatable bonds is 16. The van der Waals surface area contributed by atoms with Crippen molar-refractivity contribution in [1.29, 1.82) is 5.26 Å². The quantitative estimate of drug-likeness (QED) is 0.126. The van der Waals surface area contributed by atoms with E-state index in [-0.39, 0.29) is 42.2 Å². The Morgan fingerprint density at radius 2 is 0.905 bits per heavy atom. The predicted molar refractivity (Wildman–Crippen MR) is 159 cm³/mol. The number of nitrogens with zero attached hydrogens (tertiary/aromatic N) is 1. The number of aryl methyl sites for hydroxylation is 2. The van der Waals surface area contributed by atoms with Gasteiger partial charge in [0.2, 0.25) is 0 Å². The second-order valence-electron chi connectivity index (χ2n) is 10.5. The zero-order valence-electron chi connectivity index (χ0n) is 23.8. The van der Waals surface area contributed by atoms with Gasteiger partial charge in [-0.2, -0.15) is 5.26 Å². The second kappa shape index (κ2) is 16.3. The van der Waals surface area contributed by atoms with Crippen molar-refractivity contribution in [1.82, 2.24) is 0 Å². The summed E-state index contributed by atoms with van der Waals surface area (Å²) in [7, 11) is 0. The molecule has 0 bridgehead atoms. The van der Waals surface area contributed by atoms with Gasteiger partial charge in [-0.25, -0.2) is 13.2 Å². The highest BCUT2D eigenvalue weighted by atomic mass is 19.1. The van der Waals surface area contributed by atoms with Crippen molar-refractivity contribution in [2.24, 2.45) is 0 Å². The molecule has 0 fully saturated rings. The van der Waals surface area contributed by atoms with Gasteiger partial charge in [-0.1, -0.05) is 68.5 Å². The van der Waals surface area contributed by atoms with Crippen LogP contribution in [-0.2, 0) is 26.1 Å². The Morgan fingerprint density at radius 1 is 0.500 bits per heavy atom. The van der Waals surface area contributed by atoms with Crippen molar-refractivity contribution >= 4 is 0 Å². The van der Waals surface area contributed by atoms with Crippen LogP contribution in [0.3, 0.4) is 0 Å². The number of hydrogen-bond acceptors (Lipinski definition) is 3. The topological polar surface area (TPSA) is 42.2 Å². The minimum Gasteiger partial charge on any atom is -0.486 e. The van der Waals surface area contributed by atoms with Gasteiger partial charge in [-0.15, -0.1) is 0 Å². The molecule has 0 radical (unpaired) electrons. The molecule has 0 heterocycles. The molecule has 4 aromatic rings. The zero-order chi connectivity index (χ0) is 29.6. The van der Waals surface area contributed by atoms with Crippen LogP contribution in [0, 0.1) is 28.8 Å². The monoisotopic (exact) mass is 571 g/mol. The van der Waals surface area contributed by atoms with E-state index in [0.717, 1.165) is 80.0 Å². The molecule has 0 aliphatic heterocycles. The fraction of sp³-hybridized carbons (Fsp3) is 0.306. The molecule has 0 aliphatic rings. The van der Waals surface area contributed by atoms with Gasteiger partial charge in [0, 0.05) is 0 Å². The number of unbranched alkanes of at least 4 members (excludes halogenated alkanes) is 6. The molecule has 0 spiro atoms. The molecule has 6 heteroatoms. The van der Waals surface area contributed by atoms with Crippen molar-refractivity contribution < 1.29 is 22.6 Å². The molecule has 0 N–H and O–H groups in total. The Hall–Kier alpha value is -4.24. The molecule has 0 aromatic heterocycles. The van der Waals surface area contributed by atoms with Crippen molar-refractivity contribution in [2.75, 3.05) is 0 Å². The molecule has 0 amide bonds. The maximum absolute atomic E-state index is 14.5. The summed E-state index contributed by atoms with van der Waals surface area (Å²) in [5.41, 5.74) is 4.17. The molecule has 0 aliphatic carbocycles. The fourth-order valence-corrected chi connectivity index (χ4v) is 4.75. The lowest BCUT2D eigenvalue weighted by atomic mass is 10.0. The van der Waals surface area contributed by atoms with E-state index in [2.05, 4.69) is 6.07 Å². The molecule has 0 unspecified atom stereocenters. The van der Waals surface area contributed by atoms with Gasteiger partial charge in [-0.05, 0) is 96.5 Å². The first-order valence-electron chi connectivity index (χ1n) is 14.6. The Labute approximate surface area is 246 Å². The smallest absolute Gasteiger partial charge is 0.165 e. The Morgan fingerprint density at radius 3 is 1.33 bits per heavy atom. The van der Waals surface area contributed by atoms with E-state index in [9.17, 15) is 13.2 Å². The average Bonchev–Trinajstić information content (AvgIpc) is 3.00. The van der Waals surface area contributed by atoms with E-state index in [0.29, 0.717) is 5.56 Å². The van der Waals surface area contributed by atoms with E-state index in [4.69, 9.17) is 14.7 Å². The highest BCUT2D eigenvalue weighted by Crippen LogP contribution is 2.23. The predicted octanol–water partition coefficient (Wildman–Crippen LogP) is 9.65. The second-order valence-corrected chi connectivity index (χ2v) is 10.5. The van der Waals surface area contributed by atoms with E-state index in [1.54, 1.807) is 54.6 Å². The number of hydrogen-bond donors (Lipinski definition) is 0. The Bertz CT molecular complexity index is 1450. The summed E-state index contributed by atoms with van der Waals surface area (Å²) in [4.78, 5) is 0. The van der Waals surface area contributed by atoms with Gasteiger partial charge >= 0.3 is 0 Å². The summed E-state index contributed by atoms with van der Waals surface area (Å²) in [5, 5.41) is 8.87. The molecular weight excluding hydrogens is 535 g/mol. The van der Waals surface area contributed by atoms with Crippen LogP contribution in [0.1, 0.15) is 72.8 Å². The normalized spacial score (nSPS) is 10.8. The van der Waals surface area contributed by atoms with Crippen LogP contribution in [0.2, 0.25) is 0 Å². The lowest BCUT2D eigenvalue weighted by Crippen LogP contribution is -1.98. The molecular formula is C36H36F3NO2. The minimum atomic E-state index is -0.375. The molecule has 0 atom stereocenters. The van der Waals surface area contributed by atoms with Crippen LogP contribution >= 0.6 is 0 Å². The summed E-state index contributed by atoms with van der Waals surface area (Å²) in [5.74, 6) is -0.602. The van der Waals surface area contributed by atoms with Crippen molar-refractivity contribution in [3.05, 3.63) is 130 Å². The molecule has 0 saturated heterocycles. The first-order chi connectivity index (χ1) is 20.5. The third kappa shape index (κ3) is 9.99. The average molecular weight is 572 g/mol. The maximum Gasteiger partial charge on any atom is 0.165 e. The highest BCUT2D eigenvalue weighted by Gasteiger charge is 2.07. The molecule has 4 rings (SSSR count). The third-order valence-electron chi connectivity index (χ3n) is 7.21. The van der Waals surface area contributed by atoms with Gasteiger partial charge in [0.1, 0.15) is 19.0 Å². The van der Waals surface area contributed by atoms with E-state index >= 15 is 0 Å². The summed E-state index contributed by atoms with van der Waals surface area (Å²) in [6.07, 6.45) is 9.32. The minimum absolute atomic E-state index is 0.191. The van der Waals surface area contributed by atoms with E-state index < -0.39 is 0 Å². The first kappa shape index (κ1) is 30.7. The molecule has 0 saturated carbocycles. The summed E-state index contributed by atoms with van der Waals surface area (Å²) < 4.78 is 53.1. The fourth-order valence-electron chi connectivity index (χ4n) is 4.75. The van der Waals surface area contributed by atoms with Crippen LogP contribution in [0.5, 0.6) is 11.5 Å². The lowest BCUT2D eigenvalue weighted by Gasteiger charge is -2.09. The maximum atomic E-state index is 14.5. The van der Waals surface area contributed by atoms with Crippen LogP contribution in [-0.4, -0.2) is 0 Å². The number of ether oxygens (including phenoxy) is 2. The molecule has 3 nitrogen and oxygen atoms in total. The summed E-state index contributed by atoms with van der Waals surface area (Å²) in [6, 6.07) is 25.4. The molecule has 218 valence electrons. The van der Waals surface area contributed by atoms with Crippen molar-refractivity contribution in [3.63, 3.8) is 0 Å². The van der Waals surface area contributed by atoms with Gasteiger partial charge in [0.25, 0.3) is 0 Å². The number of benzene rings is 4. The van der Waals surface area contributed by atoms with E-state index in [1.165, 1.54) is 18.2 Å². The summed E-state index contributed by atoms with van der Waals surface area (Å²) >= 11 is 0. The van der Waals surface area contributed by atoms with Gasteiger partial charge in [0.15, 0.2) is 23.1 Å². The standard InChI is InChI=1S/C36H36F3NO2/c37-32-18-14-31(15-19-32)26-42-36-21-17-28(23-34(36)39)9-7-5-3-1-2-4-6-8-27-16-20-35(33(38)22-27)41-25-30-12-10-29(24-40)11-13-30/h10-23H,1-9,25-26H2. The van der Waals surface area contributed by atoms with Crippen LogP contribution < -0.4 is 9.47 Å². The molecule has 42 heavy (non-hydrogen) atoms. The number of nitriles is 1. The largest absolute Gasteiger partial charge is 0.486 e. The highest BCUT2D eigenvalue weighted by molar-refractivity contribution is 5.33. The number of halogens is 3. The first-order valence-corrected chi connectivity index (χ1v) is 14.6. The van der Waals surface area contributed by atoms with Gasteiger partial charge in [0.05, 0.1) is 11.6 Å².